The number of amides is 1. The van der Waals surface area contributed by atoms with Crippen LogP contribution in [0.15, 0.2) is 76.5 Å². The van der Waals surface area contributed by atoms with Crippen molar-refractivity contribution in [2.75, 3.05) is 6.61 Å². The van der Waals surface area contributed by atoms with Crippen LogP contribution in [0.1, 0.15) is 11.3 Å². The molecule has 0 aliphatic rings. The lowest BCUT2D eigenvalue weighted by molar-refractivity contribution is -0.129. The van der Waals surface area contributed by atoms with Crippen molar-refractivity contribution in [1.82, 2.24) is 5.43 Å². The fourth-order valence-electron chi connectivity index (χ4n) is 2.26. The van der Waals surface area contributed by atoms with Gasteiger partial charge in [0.15, 0.2) is 6.61 Å². The number of hydrazone groups is 1. The van der Waals surface area contributed by atoms with Gasteiger partial charge in [-0.2, -0.15) is 5.10 Å². The Morgan fingerprint density at radius 2 is 1.90 bits per heavy atom. The molecule has 0 aliphatic heterocycles. The maximum Gasteiger partial charge on any atom is 0.336 e. The Kier molecular flexibility index (Phi) is 7.86. The number of nitrogens with one attached hydrogen (secondary N) is 1. The molecular weight excluding hydrogens is 443 g/mol. The smallest absolute Gasteiger partial charge is 0.336 e. The van der Waals surface area contributed by atoms with Gasteiger partial charge in [0.25, 0.3) is 5.91 Å². The SMILES string of the molecule is O=C(COc1ccc(Cl)cc1Cl)NN=Cc1ccc(OC(=O)C=Cc2ccco2)cc1. The van der Waals surface area contributed by atoms with E-state index >= 15 is 0 Å². The highest BCUT2D eigenvalue weighted by atomic mass is 35.5. The molecule has 0 aliphatic carbocycles. The summed E-state index contributed by atoms with van der Waals surface area (Å²) in [5, 5.41) is 4.63. The first kappa shape index (κ1) is 22.1. The molecule has 0 unspecified atom stereocenters. The fourth-order valence-corrected chi connectivity index (χ4v) is 2.72. The number of ether oxygens (including phenoxy) is 2. The van der Waals surface area contributed by atoms with E-state index in [4.69, 9.17) is 37.1 Å². The Balaban J connectivity index is 1.43. The van der Waals surface area contributed by atoms with Crippen LogP contribution in [0.2, 0.25) is 10.0 Å². The van der Waals surface area contributed by atoms with Crippen molar-refractivity contribution in [2.45, 2.75) is 0 Å². The molecule has 1 amide bonds. The highest BCUT2D eigenvalue weighted by Crippen LogP contribution is 2.27. The maximum atomic E-state index is 11.8. The standard InChI is InChI=1S/C22H16Cl2N2O5/c23-16-5-9-20(19(24)12-16)30-14-21(27)26-25-13-15-3-6-18(7-4-15)31-22(28)10-8-17-2-1-11-29-17/h1-13H,14H2,(H,26,27). The van der Waals surface area contributed by atoms with E-state index in [9.17, 15) is 9.59 Å². The number of rotatable bonds is 8. The number of halogens is 2. The van der Waals surface area contributed by atoms with Gasteiger partial charge in [-0.15, -0.1) is 0 Å². The predicted octanol–water partition coefficient (Wildman–Crippen LogP) is 4.73. The van der Waals surface area contributed by atoms with Gasteiger partial charge in [0, 0.05) is 11.1 Å². The number of hydrogen-bond donors (Lipinski definition) is 1. The average Bonchev–Trinajstić information content (AvgIpc) is 3.27. The third-order valence-electron chi connectivity index (χ3n) is 3.68. The second kappa shape index (κ2) is 11.0. The molecule has 158 valence electrons. The van der Waals surface area contributed by atoms with Crippen molar-refractivity contribution in [3.8, 4) is 11.5 Å². The zero-order valence-electron chi connectivity index (χ0n) is 16.0. The Morgan fingerprint density at radius 3 is 2.61 bits per heavy atom. The summed E-state index contributed by atoms with van der Waals surface area (Å²) in [6.07, 6.45) is 5.73. The number of esters is 1. The molecule has 0 fully saturated rings. The van der Waals surface area contributed by atoms with Gasteiger partial charge >= 0.3 is 5.97 Å². The zero-order valence-corrected chi connectivity index (χ0v) is 17.5. The van der Waals surface area contributed by atoms with E-state index in [1.165, 1.54) is 30.7 Å². The number of nitrogens with zero attached hydrogens (tertiary/aromatic N) is 1. The molecule has 0 bridgehead atoms. The summed E-state index contributed by atoms with van der Waals surface area (Å²) in [4.78, 5) is 23.6. The van der Waals surface area contributed by atoms with Crippen LogP contribution < -0.4 is 14.9 Å². The lowest BCUT2D eigenvalue weighted by Gasteiger charge is -2.07. The molecule has 7 nitrogen and oxygen atoms in total. The van der Waals surface area contributed by atoms with E-state index in [2.05, 4.69) is 10.5 Å². The quantitative estimate of drug-likeness (QED) is 0.173. The van der Waals surface area contributed by atoms with Gasteiger partial charge in [0.2, 0.25) is 0 Å². The van der Waals surface area contributed by atoms with Crippen molar-refractivity contribution in [2.24, 2.45) is 5.10 Å². The van der Waals surface area contributed by atoms with E-state index in [0.717, 1.165) is 0 Å². The molecule has 1 heterocycles. The molecule has 9 heteroatoms. The third kappa shape index (κ3) is 7.33. The minimum atomic E-state index is -0.536. The van der Waals surface area contributed by atoms with Gasteiger partial charge in [-0.1, -0.05) is 23.2 Å². The van der Waals surface area contributed by atoms with Crippen LogP contribution in [0.25, 0.3) is 6.08 Å². The van der Waals surface area contributed by atoms with Gasteiger partial charge < -0.3 is 13.9 Å². The van der Waals surface area contributed by atoms with E-state index in [1.807, 2.05) is 0 Å². The normalized spacial score (nSPS) is 11.0. The van der Waals surface area contributed by atoms with Crippen molar-refractivity contribution in [3.05, 3.63) is 88.3 Å². The number of furan rings is 1. The van der Waals surface area contributed by atoms with E-state index in [-0.39, 0.29) is 6.61 Å². The molecule has 3 aromatic rings. The van der Waals surface area contributed by atoms with Gasteiger partial charge in [0.1, 0.15) is 17.3 Å². The van der Waals surface area contributed by atoms with Crippen LogP contribution >= 0.6 is 23.2 Å². The summed E-state index contributed by atoms with van der Waals surface area (Å²) in [6.45, 7) is -0.265. The van der Waals surface area contributed by atoms with Crippen LogP contribution in [0, 0.1) is 0 Å². The molecule has 1 N–H and O–H groups in total. The molecule has 0 spiro atoms. The van der Waals surface area contributed by atoms with Crippen LogP contribution in [0.3, 0.4) is 0 Å². The molecule has 0 atom stereocenters. The van der Waals surface area contributed by atoms with E-state index < -0.39 is 11.9 Å². The second-order valence-electron chi connectivity index (χ2n) is 6.00. The highest BCUT2D eigenvalue weighted by molar-refractivity contribution is 6.35. The second-order valence-corrected chi connectivity index (χ2v) is 6.84. The van der Waals surface area contributed by atoms with Crippen molar-refractivity contribution in [1.29, 1.82) is 0 Å². The minimum Gasteiger partial charge on any atom is -0.482 e. The van der Waals surface area contributed by atoms with Crippen LogP contribution in [0.5, 0.6) is 11.5 Å². The first-order valence-electron chi connectivity index (χ1n) is 8.93. The molecule has 2 aromatic carbocycles. The minimum absolute atomic E-state index is 0.265. The molecular formula is C22H16Cl2N2O5. The first-order chi connectivity index (χ1) is 15.0. The zero-order chi connectivity index (χ0) is 22.1. The summed E-state index contributed by atoms with van der Waals surface area (Å²) in [5.74, 6) is 0.257. The fraction of sp³-hybridized carbons (Fsp3) is 0.0455. The average molecular weight is 459 g/mol. The Hall–Kier alpha value is -3.55. The predicted molar refractivity (Wildman–Crippen MR) is 118 cm³/mol. The van der Waals surface area contributed by atoms with Gasteiger partial charge in [0.05, 0.1) is 17.5 Å². The Morgan fingerprint density at radius 1 is 1.10 bits per heavy atom. The monoisotopic (exact) mass is 458 g/mol. The topological polar surface area (TPSA) is 90.1 Å². The van der Waals surface area contributed by atoms with Crippen LogP contribution in [0.4, 0.5) is 0 Å². The summed E-state index contributed by atoms with van der Waals surface area (Å²) < 4.78 is 15.6. The number of carbonyl (C=O) groups is 2. The molecule has 1 aromatic heterocycles. The van der Waals surface area contributed by atoms with E-state index in [0.29, 0.717) is 32.9 Å². The Labute approximate surface area is 187 Å². The number of benzene rings is 2. The molecule has 3 rings (SSSR count). The van der Waals surface area contributed by atoms with Crippen LogP contribution in [-0.4, -0.2) is 24.7 Å². The van der Waals surface area contributed by atoms with Crippen molar-refractivity contribution < 1.29 is 23.5 Å². The maximum absolute atomic E-state index is 11.8. The summed E-state index contributed by atoms with van der Waals surface area (Å²) in [6, 6.07) is 14.7. The summed E-state index contributed by atoms with van der Waals surface area (Å²) in [7, 11) is 0. The molecule has 0 saturated heterocycles. The molecule has 31 heavy (non-hydrogen) atoms. The lowest BCUT2D eigenvalue weighted by Crippen LogP contribution is -2.24. The number of hydrogen-bond acceptors (Lipinski definition) is 6. The van der Waals surface area contributed by atoms with Gasteiger partial charge in [-0.25, -0.2) is 10.2 Å². The molecule has 0 radical (unpaired) electrons. The molecule has 0 saturated carbocycles. The van der Waals surface area contributed by atoms with Crippen molar-refractivity contribution >= 4 is 47.4 Å². The van der Waals surface area contributed by atoms with Gasteiger partial charge in [-0.3, -0.25) is 4.79 Å². The summed E-state index contributed by atoms with van der Waals surface area (Å²) in [5.41, 5.74) is 3.03. The van der Waals surface area contributed by atoms with E-state index in [1.54, 1.807) is 48.5 Å². The summed E-state index contributed by atoms with van der Waals surface area (Å²) >= 11 is 11.8. The lowest BCUT2D eigenvalue weighted by atomic mass is 10.2. The third-order valence-corrected chi connectivity index (χ3v) is 4.21. The highest BCUT2D eigenvalue weighted by Gasteiger charge is 2.06. The van der Waals surface area contributed by atoms with Crippen LogP contribution in [-0.2, 0) is 9.59 Å². The number of carbonyl (C=O) groups excluding carboxylic acids is 2. The van der Waals surface area contributed by atoms with Crippen molar-refractivity contribution in [3.63, 3.8) is 0 Å². The van der Waals surface area contributed by atoms with Gasteiger partial charge in [-0.05, 0) is 66.2 Å². The first-order valence-corrected chi connectivity index (χ1v) is 9.68. The largest absolute Gasteiger partial charge is 0.482 e. The Bertz CT molecular complexity index is 1090.